The molecule has 0 unspecified atom stereocenters. The molecule has 9 nitrogen and oxygen atoms in total. The maximum atomic E-state index is 13.1. The molecule has 1 fully saturated rings. The molecule has 0 spiro atoms. The number of ether oxygens (including phenoxy) is 3. The van der Waals surface area contributed by atoms with Crippen molar-refractivity contribution in [3.05, 3.63) is 60.1 Å². The Hall–Kier alpha value is -4.35. The highest BCUT2D eigenvalue weighted by molar-refractivity contribution is 6.03. The van der Waals surface area contributed by atoms with Crippen LogP contribution in [0.2, 0.25) is 0 Å². The minimum absolute atomic E-state index is 0.0174. The number of hydrogen-bond donors (Lipinski definition) is 1. The third-order valence-corrected chi connectivity index (χ3v) is 7.00. The van der Waals surface area contributed by atoms with Crippen molar-refractivity contribution in [3.63, 3.8) is 0 Å². The molecule has 0 saturated heterocycles. The average molecular weight is 571 g/mol. The average Bonchev–Trinajstić information content (AvgIpc) is 3.34. The predicted octanol–water partition coefficient (Wildman–Crippen LogP) is 6.91. The van der Waals surface area contributed by atoms with Crippen LogP contribution in [0.5, 0.6) is 23.0 Å². The number of methoxy groups -OCH3 is 2. The number of anilines is 1. The van der Waals surface area contributed by atoms with E-state index in [1.807, 2.05) is 0 Å². The first-order valence-electron chi connectivity index (χ1n) is 13.2. The molecule has 5 rings (SSSR count). The van der Waals surface area contributed by atoms with Crippen LogP contribution < -0.4 is 19.5 Å². The Morgan fingerprint density at radius 2 is 1.83 bits per heavy atom. The van der Waals surface area contributed by atoms with Gasteiger partial charge >= 0.3 is 6.18 Å². The lowest BCUT2D eigenvalue weighted by Crippen LogP contribution is -2.16. The Bertz CT molecular complexity index is 1520. The maximum absolute atomic E-state index is 13.1. The summed E-state index contributed by atoms with van der Waals surface area (Å²) in [4.78, 5) is 25.8. The van der Waals surface area contributed by atoms with Crippen LogP contribution in [0.1, 0.15) is 54.2 Å². The second-order valence-corrected chi connectivity index (χ2v) is 9.80. The summed E-state index contributed by atoms with van der Waals surface area (Å²) in [5.74, 6) is 2.32. The first kappa shape index (κ1) is 28.2. The number of oxazole rings is 1. The fraction of sp³-hybridized carbons (Fsp3) is 0.379. The van der Waals surface area contributed by atoms with Gasteiger partial charge in [-0.25, -0.2) is 9.97 Å². The van der Waals surface area contributed by atoms with Crippen LogP contribution in [0.3, 0.4) is 0 Å². The summed E-state index contributed by atoms with van der Waals surface area (Å²) in [6, 6.07) is 8.40. The van der Waals surface area contributed by atoms with Crippen molar-refractivity contribution >= 4 is 22.6 Å². The van der Waals surface area contributed by atoms with Crippen LogP contribution in [0.25, 0.3) is 10.9 Å². The van der Waals surface area contributed by atoms with Gasteiger partial charge in [-0.05, 0) is 36.6 Å². The first-order chi connectivity index (χ1) is 19.7. The molecule has 0 radical (unpaired) electrons. The minimum Gasteiger partial charge on any atom is -0.493 e. The van der Waals surface area contributed by atoms with Gasteiger partial charge in [0.05, 0.1) is 32.4 Å². The molecule has 41 heavy (non-hydrogen) atoms. The molecule has 12 heteroatoms. The van der Waals surface area contributed by atoms with Crippen LogP contribution in [0.4, 0.5) is 19.0 Å². The smallest absolute Gasteiger partial charge is 0.389 e. The third-order valence-electron chi connectivity index (χ3n) is 7.00. The highest BCUT2D eigenvalue weighted by Crippen LogP contribution is 2.37. The van der Waals surface area contributed by atoms with E-state index in [4.69, 9.17) is 18.6 Å². The number of pyridine rings is 2. The number of aromatic nitrogens is 3. The van der Waals surface area contributed by atoms with Gasteiger partial charge in [-0.3, -0.25) is 9.78 Å². The lowest BCUT2D eigenvalue weighted by Gasteiger charge is -2.24. The summed E-state index contributed by atoms with van der Waals surface area (Å²) in [7, 11) is 3.08. The standard InChI is InChI=1S/C29H29F3N4O5/c1-38-23-14-19-20(15-24(23)39-2)33-13-11-21(19)40-18-7-9-25(34-16-18)35-28(37)27-22(8-6-17-4-3-5-17)41-26(36-27)10-12-29(30,31)32/h7,9,11,13-17H,3-6,8,10,12H2,1-2H3,(H,34,35,37). The van der Waals surface area contributed by atoms with E-state index in [-0.39, 0.29) is 17.4 Å². The fourth-order valence-electron chi connectivity index (χ4n) is 4.57. The Labute approximate surface area is 234 Å². The van der Waals surface area contributed by atoms with Gasteiger partial charge in [-0.1, -0.05) is 19.3 Å². The van der Waals surface area contributed by atoms with Gasteiger partial charge < -0.3 is 23.9 Å². The number of aryl methyl sites for hydroxylation is 2. The molecule has 1 amide bonds. The number of halogens is 3. The zero-order chi connectivity index (χ0) is 29.0. The van der Waals surface area contributed by atoms with E-state index in [2.05, 4.69) is 20.3 Å². The topological polar surface area (TPSA) is 109 Å². The summed E-state index contributed by atoms with van der Waals surface area (Å²) in [6.07, 6.45) is 1.79. The minimum atomic E-state index is -4.35. The molecule has 4 aromatic rings. The second kappa shape index (κ2) is 12.0. The number of amides is 1. The molecular weight excluding hydrogens is 541 g/mol. The maximum Gasteiger partial charge on any atom is 0.389 e. The van der Waals surface area contributed by atoms with Crippen molar-refractivity contribution in [1.29, 1.82) is 0 Å². The van der Waals surface area contributed by atoms with Crippen LogP contribution in [-0.4, -0.2) is 41.3 Å². The summed E-state index contributed by atoms with van der Waals surface area (Å²) >= 11 is 0. The predicted molar refractivity (Wildman–Crippen MR) is 144 cm³/mol. The molecular formula is C29H29F3N4O5. The van der Waals surface area contributed by atoms with Crippen LogP contribution in [-0.2, 0) is 12.8 Å². The molecule has 216 valence electrons. The van der Waals surface area contributed by atoms with Gasteiger partial charge in [0.2, 0.25) is 0 Å². The molecule has 1 aliphatic rings. The van der Waals surface area contributed by atoms with Crippen molar-refractivity contribution in [3.8, 4) is 23.0 Å². The molecule has 3 heterocycles. The van der Waals surface area contributed by atoms with Crippen molar-refractivity contribution in [2.75, 3.05) is 19.5 Å². The highest BCUT2D eigenvalue weighted by atomic mass is 19.4. The summed E-state index contributed by atoms with van der Waals surface area (Å²) in [5.41, 5.74) is 0.628. The zero-order valence-corrected chi connectivity index (χ0v) is 22.6. The number of carbonyl (C=O) groups is 1. The monoisotopic (exact) mass is 570 g/mol. The number of alkyl halides is 3. The van der Waals surface area contributed by atoms with Gasteiger partial charge in [0.1, 0.15) is 23.1 Å². The number of benzene rings is 1. The molecule has 1 aromatic carbocycles. The molecule has 0 atom stereocenters. The van der Waals surface area contributed by atoms with Gasteiger partial charge in [0.15, 0.2) is 23.1 Å². The van der Waals surface area contributed by atoms with E-state index in [0.717, 1.165) is 25.7 Å². The summed E-state index contributed by atoms with van der Waals surface area (Å²) in [5, 5.41) is 3.36. The SMILES string of the molecule is COc1cc2nccc(Oc3ccc(NC(=O)c4nc(CCC(F)(F)F)oc4CCC4CCC4)nc3)c2cc1OC. The van der Waals surface area contributed by atoms with E-state index >= 15 is 0 Å². The van der Waals surface area contributed by atoms with E-state index in [9.17, 15) is 18.0 Å². The number of nitrogens with one attached hydrogen (secondary N) is 1. The van der Waals surface area contributed by atoms with Crippen LogP contribution in [0, 0.1) is 5.92 Å². The Morgan fingerprint density at radius 1 is 1.05 bits per heavy atom. The van der Waals surface area contributed by atoms with E-state index in [0.29, 0.717) is 52.0 Å². The lowest BCUT2D eigenvalue weighted by molar-refractivity contribution is -0.134. The Morgan fingerprint density at radius 3 is 2.49 bits per heavy atom. The molecule has 1 N–H and O–H groups in total. The summed E-state index contributed by atoms with van der Waals surface area (Å²) < 4.78 is 60.6. The second-order valence-electron chi connectivity index (χ2n) is 9.80. The quantitative estimate of drug-likeness (QED) is 0.207. The van der Waals surface area contributed by atoms with E-state index in [1.54, 1.807) is 43.6 Å². The van der Waals surface area contributed by atoms with Crippen LogP contribution in [0.15, 0.2) is 47.1 Å². The first-order valence-corrected chi connectivity index (χ1v) is 13.2. The molecule has 0 bridgehead atoms. The third kappa shape index (κ3) is 6.87. The largest absolute Gasteiger partial charge is 0.493 e. The molecule has 1 saturated carbocycles. The van der Waals surface area contributed by atoms with Crippen molar-refractivity contribution in [2.24, 2.45) is 5.92 Å². The Balaban J connectivity index is 1.29. The van der Waals surface area contributed by atoms with Gasteiger partial charge in [0.25, 0.3) is 5.91 Å². The van der Waals surface area contributed by atoms with Crippen molar-refractivity contribution in [2.45, 2.75) is 51.1 Å². The number of rotatable bonds is 11. The van der Waals surface area contributed by atoms with Gasteiger partial charge in [0, 0.05) is 30.5 Å². The zero-order valence-electron chi connectivity index (χ0n) is 22.6. The van der Waals surface area contributed by atoms with Gasteiger partial charge in [-0.2, -0.15) is 13.2 Å². The Kier molecular flexibility index (Phi) is 8.27. The van der Waals surface area contributed by atoms with Crippen LogP contribution >= 0.6 is 0 Å². The lowest BCUT2D eigenvalue weighted by atomic mass is 9.82. The molecule has 0 aliphatic heterocycles. The number of nitrogens with zero attached hydrogens (tertiary/aromatic N) is 3. The summed E-state index contributed by atoms with van der Waals surface area (Å²) in [6.45, 7) is 0. The number of hydrogen-bond acceptors (Lipinski definition) is 8. The fourth-order valence-corrected chi connectivity index (χ4v) is 4.57. The number of fused-ring (bicyclic) bond motifs is 1. The van der Waals surface area contributed by atoms with E-state index in [1.165, 1.54) is 13.3 Å². The van der Waals surface area contributed by atoms with Crippen molar-refractivity contribution in [1.82, 2.24) is 15.0 Å². The highest BCUT2D eigenvalue weighted by Gasteiger charge is 2.29. The van der Waals surface area contributed by atoms with E-state index < -0.39 is 24.9 Å². The molecule has 1 aliphatic carbocycles. The normalized spacial score (nSPS) is 13.6. The van der Waals surface area contributed by atoms with Gasteiger partial charge in [-0.15, -0.1) is 0 Å². The molecule has 3 aromatic heterocycles. The number of carbonyl (C=O) groups excluding carboxylic acids is 1. The van der Waals surface area contributed by atoms with Crippen molar-refractivity contribution < 1.29 is 36.6 Å².